The first-order valence-corrected chi connectivity index (χ1v) is 4.29. The van der Waals surface area contributed by atoms with Crippen LogP contribution in [0, 0.1) is 5.82 Å². The van der Waals surface area contributed by atoms with Gasteiger partial charge in [-0.3, -0.25) is 4.39 Å². The lowest BCUT2D eigenvalue weighted by molar-refractivity contribution is 0.441. The van der Waals surface area contributed by atoms with Gasteiger partial charge in [0, 0.05) is 11.1 Å². The van der Waals surface area contributed by atoms with Gasteiger partial charge >= 0.3 is 0 Å². The molecule has 0 bridgehead atoms. The first-order chi connectivity index (χ1) is 6.15. The Balaban J connectivity index is 0.00000169. The number of benzene rings is 1. The molecule has 1 rings (SSSR count). The Morgan fingerprint density at radius 3 is 2.64 bits per heavy atom. The van der Waals surface area contributed by atoms with Crippen LogP contribution in [0.2, 0.25) is 5.02 Å². The van der Waals surface area contributed by atoms with Crippen LogP contribution in [0.4, 0.5) is 8.78 Å². The second-order valence-corrected chi connectivity index (χ2v) is 3.16. The van der Waals surface area contributed by atoms with Gasteiger partial charge in [-0.15, -0.1) is 12.4 Å². The zero-order valence-electron chi connectivity index (χ0n) is 7.34. The Bertz CT molecular complexity index is 294. The van der Waals surface area contributed by atoms with E-state index in [1.807, 2.05) is 0 Å². The summed E-state index contributed by atoms with van der Waals surface area (Å²) in [6.45, 7) is -0.534. The number of hydrogen-bond donors (Lipinski definition) is 1. The molecule has 0 aliphatic heterocycles. The van der Waals surface area contributed by atoms with Gasteiger partial charge in [-0.25, -0.2) is 4.39 Å². The lowest BCUT2D eigenvalue weighted by Gasteiger charge is -2.11. The molecule has 0 unspecified atom stereocenters. The monoisotopic (exact) mass is 241 g/mol. The summed E-state index contributed by atoms with van der Waals surface area (Å²) in [5, 5.41) is 0.377. The molecule has 0 aliphatic rings. The van der Waals surface area contributed by atoms with Crippen molar-refractivity contribution in [1.82, 2.24) is 0 Å². The van der Waals surface area contributed by atoms with Gasteiger partial charge in [0.15, 0.2) is 0 Å². The van der Waals surface area contributed by atoms with E-state index in [0.29, 0.717) is 10.6 Å². The normalized spacial score (nSPS) is 12.0. The van der Waals surface area contributed by atoms with Crippen molar-refractivity contribution in [2.75, 3.05) is 6.67 Å². The highest BCUT2D eigenvalue weighted by Crippen LogP contribution is 2.24. The molecule has 14 heavy (non-hydrogen) atoms. The van der Waals surface area contributed by atoms with Crippen LogP contribution < -0.4 is 5.73 Å². The van der Waals surface area contributed by atoms with E-state index in [4.69, 9.17) is 17.3 Å². The lowest BCUT2D eigenvalue weighted by atomic mass is 10.1. The molecule has 0 spiro atoms. The molecule has 1 nitrogen and oxygen atoms in total. The van der Waals surface area contributed by atoms with Crippen molar-refractivity contribution in [3.8, 4) is 0 Å². The standard InChI is InChI=1S/C9H10ClF2N.ClH/c10-8-2-1-6(12)5-7(8)9(13)3-4-11;/h1-2,5,9H,3-4,13H2;1H/t9-;/m1./s1. The van der Waals surface area contributed by atoms with Crippen LogP contribution in [0.1, 0.15) is 18.0 Å². The molecule has 1 atom stereocenters. The van der Waals surface area contributed by atoms with Crippen molar-refractivity contribution in [3.05, 3.63) is 34.6 Å². The molecule has 0 saturated heterocycles. The minimum absolute atomic E-state index is 0. The van der Waals surface area contributed by atoms with E-state index in [0.717, 1.165) is 0 Å². The summed E-state index contributed by atoms with van der Waals surface area (Å²) in [4.78, 5) is 0. The van der Waals surface area contributed by atoms with Crippen LogP contribution in [0.5, 0.6) is 0 Å². The van der Waals surface area contributed by atoms with Gasteiger partial charge in [0.2, 0.25) is 0 Å². The van der Waals surface area contributed by atoms with E-state index in [-0.39, 0.29) is 18.8 Å². The molecular formula is C9H11Cl2F2N. The third-order valence-electron chi connectivity index (χ3n) is 1.78. The minimum atomic E-state index is -0.534. The minimum Gasteiger partial charge on any atom is -0.324 e. The van der Waals surface area contributed by atoms with E-state index in [1.165, 1.54) is 18.2 Å². The van der Waals surface area contributed by atoms with Crippen LogP contribution in [0.15, 0.2) is 18.2 Å². The maximum absolute atomic E-state index is 12.7. The number of rotatable bonds is 3. The molecule has 0 aliphatic carbocycles. The smallest absolute Gasteiger partial charge is 0.123 e. The van der Waals surface area contributed by atoms with Crippen molar-refractivity contribution in [3.63, 3.8) is 0 Å². The Hall–Kier alpha value is -0.380. The molecule has 0 heterocycles. The Kier molecular flexibility index (Phi) is 6.00. The molecule has 0 radical (unpaired) electrons. The van der Waals surface area contributed by atoms with Crippen molar-refractivity contribution in [2.24, 2.45) is 5.73 Å². The van der Waals surface area contributed by atoms with Crippen molar-refractivity contribution in [2.45, 2.75) is 12.5 Å². The molecular weight excluding hydrogens is 231 g/mol. The van der Waals surface area contributed by atoms with Crippen LogP contribution in [-0.4, -0.2) is 6.67 Å². The highest BCUT2D eigenvalue weighted by molar-refractivity contribution is 6.31. The fourth-order valence-electron chi connectivity index (χ4n) is 1.07. The molecule has 5 heteroatoms. The summed E-state index contributed by atoms with van der Waals surface area (Å²) in [7, 11) is 0. The summed E-state index contributed by atoms with van der Waals surface area (Å²) < 4.78 is 24.7. The average Bonchev–Trinajstić information content (AvgIpc) is 2.09. The first kappa shape index (κ1) is 13.6. The van der Waals surface area contributed by atoms with E-state index >= 15 is 0 Å². The zero-order valence-corrected chi connectivity index (χ0v) is 8.92. The maximum atomic E-state index is 12.7. The first-order valence-electron chi connectivity index (χ1n) is 3.91. The molecule has 1 aromatic rings. The molecule has 80 valence electrons. The molecule has 0 fully saturated rings. The third-order valence-corrected chi connectivity index (χ3v) is 2.12. The van der Waals surface area contributed by atoms with Gasteiger partial charge in [0.25, 0.3) is 0 Å². The van der Waals surface area contributed by atoms with E-state index in [9.17, 15) is 8.78 Å². The van der Waals surface area contributed by atoms with Gasteiger partial charge in [0.05, 0.1) is 6.67 Å². The largest absolute Gasteiger partial charge is 0.324 e. The zero-order chi connectivity index (χ0) is 9.84. The Labute approximate surface area is 92.7 Å². The Morgan fingerprint density at radius 1 is 1.43 bits per heavy atom. The van der Waals surface area contributed by atoms with Crippen molar-refractivity contribution < 1.29 is 8.78 Å². The van der Waals surface area contributed by atoms with Crippen molar-refractivity contribution in [1.29, 1.82) is 0 Å². The highest BCUT2D eigenvalue weighted by Gasteiger charge is 2.10. The summed E-state index contributed by atoms with van der Waals surface area (Å²) in [6, 6.07) is 3.37. The molecule has 0 saturated carbocycles. The molecule has 1 aromatic carbocycles. The number of halogens is 4. The fraction of sp³-hybridized carbons (Fsp3) is 0.333. The SMILES string of the molecule is Cl.N[C@H](CCF)c1cc(F)ccc1Cl. The fourth-order valence-corrected chi connectivity index (χ4v) is 1.33. The third kappa shape index (κ3) is 3.40. The Morgan fingerprint density at radius 2 is 2.07 bits per heavy atom. The van der Waals surface area contributed by atoms with E-state index in [2.05, 4.69) is 0 Å². The summed E-state index contributed by atoms with van der Waals surface area (Å²) in [5.74, 6) is -0.409. The van der Waals surface area contributed by atoms with Gasteiger partial charge in [-0.1, -0.05) is 11.6 Å². The summed E-state index contributed by atoms with van der Waals surface area (Å²) in [5.41, 5.74) is 6.04. The van der Waals surface area contributed by atoms with E-state index < -0.39 is 18.5 Å². The lowest BCUT2D eigenvalue weighted by Crippen LogP contribution is -2.11. The van der Waals surface area contributed by atoms with Crippen LogP contribution in [0.3, 0.4) is 0 Å². The van der Waals surface area contributed by atoms with Gasteiger partial charge in [-0.2, -0.15) is 0 Å². The van der Waals surface area contributed by atoms with E-state index in [1.54, 1.807) is 0 Å². The molecule has 0 aromatic heterocycles. The molecule has 0 amide bonds. The van der Waals surface area contributed by atoms with Gasteiger partial charge in [-0.05, 0) is 30.2 Å². The molecule has 2 N–H and O–H groups in total. The van der Waals surface area contributed by atoms with Gasteiger partial charge < -0.3 is 5.73 Å². The van der Waals surface area contributed by atoms with Gasteiger partial charge in [0.1, 0.15) is 5.82 Å². The predicted octanol–water partition coefficient (Wildman–Crippen LogP) is 3.26. The summed E-state index contributed by atoms with van der Waals surface area (Å²) >= 11 is 5.76. The second kappa shape index (κ2) is 6.17. The topological polar surface area (TPSA) is 26.0 Å². The quantitative estimate of drug-likeness (QED) is 0.864. The number of nitrogens with two attached hydrogens (primary N) is 1. The maximum Gasteiger partial charge on any atom is 0.123 e. The van der Waals surface area contributed by atoms with Crippen molar-refractivity contribution >= 4 is 24.0 Å². The van der Waals surface area contributed by atoms with Crippen LogP contribution in [-0.2, 0) is 0 Å². The predicted molar refractivity (Wildman–Crippen MR) is 56.2 cm³/mol. The van der Waals surface area contributed by atoms with Crippen LogP contribution >= 0.6 is 24.0 Å². The highest BCUT2D eigenvalue weighted by atomic mass is 35.5. The number of alkyl halides is 1. The number of hydrogen-bond acceptors (Lipinski definition) is 1. The van der Waals surface area contributed by atoms with Crippen LogP contribution in [0.25, 0.3) is 0 Å². The summed E-state index contributed by atoms with van der Waals surface area (Å²) in [6.07, 6.45) is 0.156. The second-order valence-electron chi connectivity index (χ2n) is 2.75. The average molecular weight is 242 g/mol.